The number of nitrogens with zero attached hydrogens (tertiary/aromatic N) is 2. The molecule has 2 aromatic rings. The molecule has 2 rings (SSSR count). The molecule has 1 aromatic heterocycles. The predicted octanol–water partition coefficient (Wildman–Crippen LogP) is 2.31. The largest absolute Gasteiger partial charge is 0.434 e. The molecular weight excluding hydrogens is 280 g/mol. The monoisotopic (exact) mass is 284 g/mol. The number of hydrogen-bond acceptors (Lipinski definition) is 5. The van der Waals surface area contributed by atoms with E-state index in [1.807, 2.05) is 0 Å². The minimum atomic E-state index is -0.528. The van der Waals surface area contributed by atoms with Crippen molar-refractivity contribution >= 4 is 38.5 Å². The van der Waals surface area contributed by atoms with E-state index in [0.717, 1.165) is 0 Å². The number of ketones is 1. The Labute approximate surface area is 97.5 Å². The Balaban J connectivity index is 2.54. The second kappa shape index (κ2) is 4.01. The van der Waals surface area contributed by atoms with Crippen LogP contribution in [0.1, 0.15) is 10.7 Å². The number of carbonyl (C=O) groups excluding carboxylic acids is 1. The smallest absolute Gasteiger partial charge is 0.271 e. The number of aromatic nitrogens is 1. The predicted molar refractivity (Wildman–Crippen MR) is 58.8 cm³/mol. The summed E-state index contributed by atoms with van der Waals surface area (Å²) in [7, 11) is 0. The highest BCUT2D eigenvalue weighted by atomic mass is 79.9. The van der Waals surface area contributed by atoms with Crippen molar-refractivity contribution in [3.05, 3.63) is 34.2 Å². The van der Waals surface area contributed by atoms with Gasteiger partial charge in [0.2, 0.25) is 5.78 Å². The third-order valence-electron chi connectivity index (χ3n) is 1.94. The number of rotatable bonds is 3. The van der Waals surface area contributed by atoms with E-state index in [0.29, 0.717) is 11.1 Å². The average molecular weight is 285 g/mol. The van der Waals surface area contributed by atoms with Crippen LogP contribution in [0.25, 0.3) is 11.1 Å². The van der Waals surface area contributed by atoms with Crippen LogP contribution >= 0.6 is 15.9 Å². The van der Waals surface area contributed by atoms with Gasteiger partial charge in [-0.25, -0.2) is 4.98 Å². The Morgan fingerprint density at radius 1 is 1.56 bits per heavy atom. The number of nitro benzene ring substituents is 1. The molecule has 0 atom stereocenters. The molecule has 0 fully saturated rings. The molecule has 1 heterocycles. The molecular formula is C9H5BrN2O4. The van der Waals surface area contributed by atoms with Gasteiger partial charge in [0.15, 0.2) is 5.58 Å². The SMILES string of the molecule is O=C(CBr)c1nc2cc([N+](=O)[O-])ccc2o1. The first-order valence-electron chi connectivity index (χ1n) is 4.26. The summed E-state index contributed by atoms with van der Waals surface area (Å²) in [6.07, 6.45) is 0. The minimum Gasteiger partial charge on any atom is -0.434 e. The molecule has 0 aliphatic heterocycles. The molecule has 0 saturated carbocycles. The maximum absolute atomic E-state index is 11.3. The fraction of sp³-hybridized carbons (Fsp3) is 0.111. The van der Waals surface area contributed by atoms with Crippen molar-refractivity contribution < 1.29 is 14.1 Å². The maximum Gasteiger partial charge on any atom is 0.271 e. The van der Waals surface area contributed by atoms with Crippen LogP contribution < -0.4 is 0 Å². The van der Waals surface area contributed by atoms with Gasteiger partial charge in [-0.1, -0.05) is 15.9 Å². The van der Waals surface area contributed by atoms with E-state index >= 15 is 0 Å². The van der Waals surface area contributed by atoms with Crippen LogP contribution in [0.3, 0.4) is 0 Å². The Morgan fingerprint density at radius 2 is 2.31 bits per heavy atom. The zero-order chi connectivity index (χ0) is 11.7. The molecule has 0 aliphatic carbocycles. The van der Waals surface area contributed by atoms with Gasteiger partial charge >= 0.3 is 0 Å². The lowest BCUT2D eigenvalue weighted by Gasteiger charge is -1.88. The second-order valence-electron chi connectivity index (χ2n) is 2.98. The van der Waals surface area contributed by atoms with Gasteiger partial charge < -0.3 is 4.42 Å². The maximum atomic E-state index is 11.3. The van der Waals surface area contributed by atoms with Crippen LogP contribution in [0, 0.1) is 10.1 Å². The molecule has 0 bridgehead atoms. The highest BCUT2D eigenvalue weighted by molar-refractivity contribution is 9.09. The number of non-ortho nitro benzene ring substituents is 1. The van der Waals surface area contributed by atoms with Crippen LogP contribution in [0.2, 0.25) is 0 Å². The summed E-state index contributed by atoms with van der Waals surface area (Å²) >= 11 is 2.99. The summed E-state index contributed by atoms with van der Waals surface area (Å²) in [6.45, 7) is 0. The molecule has 6 nitrogen and oxygen atoms in total. The second-order valence-corrected chi connectivity index (χ2v) is 3.55. The van der Waals surface area contributed by atoms with E-state index in [1.165, 1.54) is 18.2 Å². The Morgan fingerprint density at radius 3 is 2.94 bits per heavy atom. The van der Waals surface area contributed by atoms with Crippen molar-refractivity contribution in [1.29, 1.82) is 0 Å². The standard InChI is InChI=1S/C9H5BrN2O4/c10-4-7(13)9-11-6-3-5(12(14)15)1-2-8(6)16-9/h1-3H,4H2. The Bertz CT molecular complexity index is 578. The number of halogens is 1. The molecule has 0 aliphatic rings. The third kappa shape index (κ3) is 1.81. The first kappa shape index (κ1) is 10.7. The summed E-state index contributed by atoms with van der Waals surface area (Å²) in [5.74, 6) is -0.355. The van der Waals surface area contributed by atoms with E-state index < -0.39 is 4.92 Å². The normalized spacial score (nSPS) is 10.6. The van der Waals surface area contributed by atoms with Crippen LogP contribution in [0.4, 0.5) is 5.69 Å². The molecule has 0 N–H and O–H groups in total. The summed E-state index contributed by atoms with van der Waals surface area (Å²) in [6, 6.07) is 3.99. The van der Waals surface area contributed by atoms with Crippen LogP contribution in [0.5, 0.6) is 0 Å². The molecule has 0 unspecified atom stereocenters. The summed E-state index contributed by atoms with van der Waals surface area (Å²) < 4.78 is 5.14. The average Bonchev–Trinajstić information content (AvgIpc) is 2.70. The molecule has 82 valence electrons. The van der Waals surface area contributed by atoms with E-state index in [2.05, 4.69) is 20.9 Å². The van der Waals surface area contributed by atoms with E-state index in [-0.39, 0.29) is 22.7 Å². The highest BCUT2D eigenvalue weighted by Crippen LogP contribution is 2.21. The van der Waals surface area contributed by atoms with Crippen molar-refractivity contribution in [2.24, 2.45) is 0 Å². The lowest BCUT2D eigenvalue weighted by atomic mass is 10.3. The van der Waals surface area contributed by atoms with Crippen molar-refractivity contribution in [3.8, 4) is 0 Å². The van der Waals surface area contributed by atoms with Gasteiger partial charge in [-0.2, -0.15) is 0 Å². The first-order valence-corrected chi connectivity index (χ1v) is 5.38. The van der Waals surface area contributed by atoms with E-state index in [4.69, 9.17) is 4.42 Å². The van der Waals surface area contributed by atoms with Gasteiger partial charge in [0.25, 0.3) is 11.6 Å². The number of carbonyl (C=O) groups is 1. The van der Waals surface area contributed by atoms with Crippen LogP contribution in [-0.4, -0.2) is 21.0 Å². The quantitative estimate of drug-likeness (QED) is 0.374. The van der Waals surface area contributed by atoms with Crippen molar-refractivity contribution in [3.63, 3.8) is 0 Å². The zero-order valence-corrected chi connectivity index (χ0v) is 9.43. The Kier molecular flexibility index (Phi) is 2.69. The van der Waals surface area contributed by atoms with Gasteiger partial charge in [-0.3, -0.25) is 14.9 Å². The number of fused-ring (bicyclic) bond motifs is 1. The van der Waals surface area contributed by atoms with Crippen molar-refractivity contribution in [2.75, 3.05) is 5.33 Å². The topological polar surface area (TPSA) is 86.2 Å². The van der Waals surface area contributed by atoms with Crippen LogP contribution in [-0.2, 0) is 0 Å². The van der Waals surface area contributed by atoms with Gasteiger partial charge in [0.05, 0.1) is 10.3 Å². The number of Topliss-reactive ketones (excluding diaryl/α,β-unsaturated/α-hetero) is 1. The molecule has 0 radical (unpaired) electrons. The summed E-state index contributed by atoms with van der Waals surface area (Å²) in [5, 5.41) is 10.6. The molecule has 16 heavy (non-hydrogen) atoms. The van der Waals surface area contributed by atoms with Gasteiger partial charge in [0.1, 0.15) is 5.52 Å². The molecule has 7 heteroatoms. The molecule has 0 amide bonds. The first-order chi connectivity index (χ1) is 7.61. The fourth-order valence-corrected chi connectivity index (χ4v) is 1.45. The lowest BCUT2D eigenvalue weighted by Crippen LogP contribution is -1.99. The number of hydrogen-bond donors (Lipinski definition) is 0. The molecule has 0 saturated heterocycles. The zero-order valence-electron chi connectivity index (χ0n) is 7.84. The van der Waals surface area contributed by atoms with Crippen molar-refractivity contribution in [1.82, 2.24) is 4.98 Å². The van der Waals surface area contributed by atoms with E-state index in [1.54, 1.807) is 0 Å². The number of benzene rings is 1. The highest BCUT2D eigenvalue weighted by Gasteiger charge is 2.15. The fourth-order valence-electron chi connectivity index (χ4n) is 1.21. The summed E-state index contributed by atoms with van der Waals surface area (Å²) in [5.41, 5.74) is 0.576. The van der Waals surface area contributed by atoms with E-state index in [9.17, 15) is 14.9 Å². The number of alkyl halides is 1. The van der Waals surface area contributed by atoms with Crippen LogP contribution in [0.15, 0.2) is 22.6 Å². The molecule has 1 aromatic carbocycles. The summed E-state index contributed by atoms with van der Waals surface area (Å²) in [4.78, 5) is 25.1. The lowest BCUT2D eigenvalue weighted by molar-refractivity contribution is -0.384. The number of nitro groups is 1. The van der Waals surface area contributed by atoms with Gasteiger partial charge in [-0.05, 0) is 6.07 Å². The van der Waals surface area contributed by atoms with Gasteiger partial charge in [0, 0.05) is 12.1 Å². The third-order valence-corrected chi connectivity index (χ3v) is 2.45. The van der Waals surface area contributed by atoms with Gasteiger partial charge in [-0.15, -0.1) is 0 Å². The minimum absolute atomic E-state index is 0.0487. The Hall–Kier alpha value is -1.76. The molecule has 0 spiro atoms. The number of oxazole rings is 1. The van der Waals surface area contributed by atoms with Crippen molar-refractivity contribution in [2.45, 2.75) is 0 Å².